The molecule has 0 aromatic carbocycles. The number of aliphatic hydroxyl groups excluding tert-OH is 1. The fourth-order valence-corrected chi connectivity index (χ4v) is 1.89. The Morgan fingerprint density at radius 2 is 1.24 bits per heavy atom. The first-order valence-electron chi connectivity index (χ1n) is 12.4. The number of hydrogen-bond donors (Lipinski definition) is 2. The second-order valence-corrected chi connectivity index (χ2v) is 7.33. The number of aliphatic hydroxyl groups is 1. The molecule has 0 rings (SSSR count). The fourth-order valence-electron chi connectivity index (χ4n) is 1.89. The van der Waals surface area contributed by atoms with Crippen molar-refractivity contribution < 1.29 is 43.6 Å². The molecular formula is C28H48O9. The SMILES string of the molecule is C=C(CC)C(=O)O.C=CC(=O)OCC(CC)CCCC.C=CC(=O)OCCCC.C=CC(=O)OCCO. The van der Waals surface area contributed by atoms with Gasteiger partial charge in [-0.05, 0) is 25.2 Å². The lowest BCUT2D eigenvalue weighted by molar-refractivity contribution is -0.139. The van der Waals surface area contributed by atoms with Gasteiger partial charge in [0, 0.05) is 23.8 Å². The summed E-state index contributed by atoms with van der Waals surface area (Å²) in [6, 6.07) is 0. The second kappa shape index (κ2) is 32.8. The van der Waals surface area contributed by atoms with Crippen molar-refractivity contribution in [3.63, 3.8) is 0 Å². The molecule has 2 N–H and O–H groups in total. The number of carboxylic acids is 1. The van der Waals surface area contributed by atoms with E-state index in [9.17, 15) is 19.2 Å². The lowest BCUT2D eigenvalue weighted by Crippen LogP contribution is -2.12. The minimum atomic E-state index is -0.900. The van der Waals surface area contributed by atoms with Gasteiger partial charge in [-0.3, -0.25) is 0 Å². The summed E-state index contributed by atoms with van der Waals surface area (Å²) in [6.07, 6.45) is 10.6. The predicted molar refractivity (Wildman–Crippen MR) is 146 cm³/mol. The number of ether oxygens (including phenoxy) is 3. The summed E-state index contributed by atoms with van der Waals surface area (Å²) >= 11 is 0. The third kappa shape index (κ3) is 37.5. The third-order valence-corrected chi connectivity index (χ3v) is 4.31. The van der Waals surface area contributed by atoms with Crippen LogP contribution in [0.5, 0.6) is 0 Å². The van der Waals surface area contributed by atoms with Crippen molar-refractivity contribution in [2.75, 3.05) is 26.4 Å². The van der Waals surface area contributed by atoms with E-state index in [0.29, 0.717) is 25.6 Å². The summed E-state index contributed by atoms with van der Waals surface area (Å²) in [4.78, 5) is 41.1. The van der Waals surface area contributed by atoms with Crippen molar-refractivity contribution in [3.8, 4) is 0 Å². The van der Waals surface area contributed by atoms with Gasteiger partial charge in [-0.15, -0.1) is 0 Å². The van der Waals surface area contributed by atoms with Crippen LogP contribution < -0.4 is 0 Å². The van der Waals surface area contributed by atoms with Gasteiger partial charge in [-0.25, -0.2) is 19.2 Å². The van der Waals surface area contributed by atoms with E-state index in [-0.39, 0.29) is 30.7 Å². The Labute approximate surface area is 222 Å². The number of carboxylic acid groups (broad SMARTS) is 1. The van der Waals surface area contributed by atoms with Crippen LogP contribution in [0.15, 0.2) is 50.1 Å². The number of unbranched alkanes of at least 4 members (excludes halogenated alkanes) is 2. The van der Waals surface area contributed by atoms with Gasteiger partial charge in [0.05, 0.1) is 19.8 Å². The molecule has 0 radical (unpaired) electrons. The Balaban J connectivity index is -0.000000202. The Morgan fingerprint density at radius 1 is 0.784 bits per heavy atom. The molecule has 0 spiro atoms. The lowest BCUT2D eigenvalue weighted by atomic mass is 10.0. The highest BCUT2D eigenvalue weighted by molar-refractivity contribution is 5.85. The van der Waals surface area contributed by atoms with E-state index in [0.717, 1.165) is 31.8 Å². The van der Waals surface area contributed by atoms with Crippen molar-refractivity contribution in [2.45, 2.75) is 72.6 Å². The maximum atomic E-state index is 10.8. The largest absolute Gasteiger partial charge is 0.478 e. The van der Waals surface area contributed by atoms with E-state index in [4.69, 9.17) is 14.9 Å². The maximum Gasteiger partial charge on any atom is 0.330 e. The molecule has 214 valence electrons. The molecule has 0 saturated carbocycles. The van der Waals surface area contributed by atoms with Crippen molar-refractivity contribution in [1.29, 1.82) is 0 Å². The van der Waals surface area contributed by atoms with Crippen LogP contribution in [0, 0.1) is 5.92 Å². The van der Waals surface area contributed by atoms with Gasteiger partial charge >= 0.3 is 23.9 Å². The zero-order chi connectivity index (χ0) is 29.5. The van der Waals surface area contributed by atoms with Gasteiger partial charge in [0.15, 0.2) is 0 Å². The minimum Gasteiger partial charge on any atom is -0.478 e. The first-order chi connectivity index (χ1) is 17.5. The molecule has 0 aromatic heterocycles. The average Bonchev–Trinajstić information content (AvgIpc) is 2.91. The summed E-state index contributed by atoms with van der Waals surface area (Å²) in [5.41, 5.74) is 0.264. The molecule has 0 aromatic rings. The van der Waals surface area contributed by atoms with E-state index >= 15 is 0 Å². The van der Waals surface area contributed by atoms with E-state index in [1.165, 1.54) is 25.0 Å². The van der Waals surface area contributed by atoms with Crippen LogP contribution in [-0.2, 0) is 33.4 Å². The van der Waals surface area contributed by atoms with Crippen LogP contribution >= 0.6 is 0 Å². The molecule has 9 heteroatoms. The van der Waals surface area contributed by atoms with Crippen LogP contribution in [-0.4, -0.2) is 60.5 Å². The van der Waals surface area contributed by atoms with Gasteiger partial charge in [-0.1, -0.05) is 79.7 Å². The molecule has 0 aliphatic rings. The Morgan fingerprint density at radius 3 is 1.57 bits per heavy atom. The Bertz CT molecular complexity index is 654. The zero-order valence-electron chi connectivity index (χ0n) is 23.2. The summed E-state index contributed by atoms with van der Waals surface area (Å²) in [5.74, 6) is -1.52. The summed E-state index contributed by atoms with van der Waals surface area (Å²) in [5, 5.41) is 16.2. The van der Waals surface area contributed by atoms with Crippen LogP contribution in [0.25, 0.3) is 0 Å². The molecule has 0 bridgehead atoms. The van der Waals surface area contributed by atoms with Crippen LogP contribution in [0.1, 0.15) is 72.6 Å². The van der Waals surface area contributed by atoms with E-state index in [2.05, 4.69) is 49.6 Å². The van der Waals surface area contributed by atoms with Crippen LogP contribution in [0.2, 0.25) is 0 Å². The molecule has 0 heterocycles. The monoisotopic (exact) mass is 528 g/mol. The van der Waals surface area contributed by atoms with Crippen LogP contribution in [0.4, 0.5) is 0 Å². The zero-order valence-corrected chi connectivity index (χ0v) is 23.2. The third-order valence-electron chi connectivity index (χ3n) is 4.31. The molecule has 1 atom stereocenters. The quantitative estimate of drug-likeness (QED) is 0.120. The van der Waals surface area contributed by atoms with Crippen molar-refractivity contribution in [2.24, 2.45) is 5.92 Å². The fraction of sp³-hybridized carbons (Fsp3) is 0.571. The number of carbonyl (C=O) groups excluding carboxylic acids is 3. The molecule has 1 unspecified atom stereocenters. The molecule has 0 aliphatic carbocycles. The second-order valence-electron chi connectivity index (χ2n) is 7.33. The number of aliphatic carboxylic acids is 1. The molecule has 0 aliphatic heterocycles. The highest BCUT2D eigenvalue weighted by Crippen LogP contribution is 2.12. The molecular weight excluding hydrogens is 480 g/mol. The van der Waals surface area contributed by atoms with Gasteiger partial charge < -0.3 is 24.4 Å². The lowest BCUT2D eigenvalue weighted by Gasteiger charge is -2.13. The highest BCUT2D eigenvalue weighted by Gasteiger charge is 2.07. The minimum absolute atomic E-state index is 0.0465. The van der Waals surface area contributed by atoms with E-state index < -0.39 is 11.9 Å². The average molecular weight is 529 g/mol. The summed E-state index contributed by atoms with van der Waals surface area (Å²) < 4.78 is 14.0. The van der Waals surface area contributed by atoms with Gasteiger partial charge in [-0.2, -0.15) is 0 Å². The molecule has 0 saturated heterocycles. The molecule has 0 fully saturated rings. The number of rotatable bonds is 16. The van der Waals surface area contributed by atoms with Gasteiger partial charge in [0.25, 0.3) is 0 Å². The summed E-state index contributed by atoms with van der Waals surface area (Å²) in [7, 11) is 0. The topological polar surface area (TPSA) is 136 Å². The predicted octanol–water partition coefficient (Wildman–Crippen LogP) is 5.19. The first kappa shape index (κ1) is 40.9. The standard InChI is InChI=1S/C11H20O2.C7H12O2.C5H8O3.C5H8O2/c1-4-7-8-10(5-2)9-13-11(12)6-3;1-3-5-6-9-7(8)4-2;1-2-5(7)8-4-3-6;1-3-4(2)5(6)7/h6,10H,3-5,7-9H2,1-2H3;4H,2-3,5-6H2,1H3;2,6H,1,3-4H2;2-3H2,1H3,(H,6,7). The van der Waals surface area contributed by atoms with Crippen molar-refractivity contribution in [3.05, 3.63) is 50.1 Å². The smallest absolute Gasteiger partial charge is 0.330 e. The normalized spacial score (nSPS) is 9.65. The number of esters is 3. The van der Waals surface area contributed by atoms with Crippen molar-refractivity contribution >= 4 is 23.9 Å². The molecule has 9 nitrogen and oxygen atoms in total. The van der Waals surface area contributed by atoms with E-state index in [1.54, 1.807) is 6.92 Å². The van der Waals surface area contributed by atoms with Crippen LogP contribution in [0.3, 0.4) is 0 Å². The Kier molecular flexibility index (Phi) is 36.3. The maximum absolute atomic E-state index is 10.8. The Hall–Kier alpha value is -3.20. The van der Waals surface area contributed by atoms with E-state index in [1.807, 2.05) is 6.92 Å². The number of hydrogen-bond acceptors (Lipinski definition) is 8. The summed E-state index contributed by atoms with van der Waals surface area (Å²) in [6.45, 7) is 22.1. The molecule has 37 heavy (non-hydrogen) atoms. The molecule has 0 amide bonds. The van der Waals surface area contributed by atoms with Crippen molar-refractivity contribution in [1.82, 2.24) is 0 Å². The first-order valence-corrected chi connectivity index (χ1v) is 12.4. The van der Waals surface area contributed by atoms with Gasteiger partial charge in [0.2, 0.25) is 0 Å². The van der Waals surface area contributed by atoms with Gasteiger partial charge in [0.1, 0.15) is 6.61 Å². The highest BCUT2D eigenvalue weighted by atomic mass is 16.5. The number of carbonyl (C=O) groups is 4.